The van der Waals surface area contributed by atoms with Crippen molar-refractivity contribution >= 4 is 11.9 Å². The Balaban J connectivity index is 1.90. The molecule has 6 nitrogen and oxygen atoms in total. The molecule has 1 fully saturated rings. The lowest BCUT2D eigenvalue weighted by Crippen LogP contribution is -2.44. The molecule has 2 rings (SSSR count). The second kappa shape index (κ2) is 7.04. The number of nitrogens with zero attached hydrogens (tertiary/aromatic N) is 1. The minimum atomic E-state index is -0.948. The maximum absolute atomic E-state index is 12.3. The maximum atomic E-state index is 12.3. The van der Waals surface area contributed by atoms with Gasteiger partial charge in [-0.05, 0) is 36.5 Å². The molecule has 2 N–H and O–H groups in total. The molecule has 1 saturated heterocycles. The van der Waals surface area contributed by atoms with Crippen LogP contribution in [0.4, 0.5) is 4.79 Å². The number of aliphatic hydroxyl groups is 1. The van der Waals surface area contributed by atoms with Gasteiger partial charge in [-0.25, -0.2) is 4.79 Å². The van der Waals surface area contributed by atoms with Gasteiger partial charge in [-0.3, -0.25) is 9.69 Å². The Bertz CT molecular complexity index is 636. The van der Waals surface area contributed by atoms with Crippen molar-refractivity contribution in [2.24, 2.45) is 0 Å². The Labute approximate surface area is 149 Å². The first-order valence-electron chi connectivity index (χ1n) is 8.62. The molecular formula is C19H28N2O4. The number of imide groups is 1. The van der Waals surface area contributed by atoms with Gasteiger partial charge < -0.3 is 15.2 Å². The van der Waals surface area contributed by atoms with Crippen LogP contribution in [0.3, 0.4) is 0 Å². The van der Waals surface area contributed by atoms with E-state index in [0.29, 0.717) is 12.2 Å². The van der Waals surface area contributed by atoms with E-state index < -0.39 is 17.7 Å². The molecule has 25 heavy (non-hydrogen) atoms. The third-order valence-electron chi connectivity index (χ3n) is 4.61. The van der Waals surface area contributed by atoms with Crippen molar-refractivity contribution in [3.05, 3.63) is 29.8 Å². The SMILES string of the molecule is CC[C@@]1(C)NC(=O)N(C[C@H](O)COc2ccc(C(C)(C)C)cc2)C1=O. The fraction of sp³-hybridized carbons (Fsp3) is 0.579. The first kappa shape index (κ1) is 19.2. The van der Waals surface area contributed by atoms with Gasteiger partial charge in [0.25, 0.3) is 5.91 Å². The number of carbonyl (C=O) groups excluding carboxylic acids is 2. The lowest BCUT2D eigenvalue weighted by Gasteiger charge is -2.21. The summed E-state index contributed by atoms with van der Waals surface area (Å²) in [5, 5.41) is 12.8. The number of carbonyl (C=O) groups is 2. The van der Waals surface area contributed by atoms with Gasteiger partial charge in [0.05, 0.1) is 6.54 Å². The molecule has 1 heterocycles. The van der Waals surface area contributed by atoms with Crippen LogP contribution in [-0.2, 0) is 10.2 Å². The van der Waals surface area contributed by atoms with E-state index in [2.05, 4.69) is 26.1 Å². The number of hydrogen-bond donors (Lipinski definition) is 2. The molecule has 3 amide bonds. The average molecular weight is 348 g/mol. The molecule has 0 unspecified atom stereocenters. The summed E-state index contributed by atoms with van der Waals surface area (Å²) in [5.41, 5.74) is 0.368. The second-order valence-corrected chi connectivity index (χ2v) is 7.77. The summed E-state index contributed by atoms with van der Waals surface area (Å²) in [6, 6.07) is 7.23. The number of hydrogen-bond acceptors (Lipinski definition) is 4. The summed E-state index contributed by atoms with van der Waals surface area (Å²) in [5.74, 6) is 0.330. The van der Waals surface area contributed by atoms with Crippen LogP contribution in [0.5, 0.6) is 5.75 Å². The quantitative estimate of drug-likeness (QED) is 0.774. The normalized spacial score (nSPS) is 22.1. The van der Waals surface area contributed by atoms with E-state index in [1.165, 1.54) is 5.56 Å². The first-order chi connectivity index (χ1) is 11.6. The van der Waals surface area contributed by atoms with Gasteiger partial charge in [0.1, 0.15) is 24.0 Å². The van der Waals surface area contributed by atoms with E-state index in [0.717, 1.165) is 4.90 Å². The molecule has 0 bridgehead atoms. The molecule has 1 aliphatic heterocycles. The average Bonchev–Trinajstić information content (AvgIpc) is 2.76. The second-order valence-electron chi connectivity index (χ2n) is 7.77. The van der Waals surface area contributed by atoms with E-state index in [4.69, 9.17) is 4.74 Å². The van der Waals surface area contributed by atoms with Gasteiger partial charge in [0.15, 0.2) is 0 Å². The number of aliphatic hydroxyl groups excluding tert-OH is 1. The highest BCUT2D eigenvalue weighted by atomic mass is 16.5. The third-order valence-corrected chi connectivity index (χ3v) is 4.61. The number of rotatable bonds is 6. The molecule has 138 valence electrons. The van der Waals surface area contributed by atoms with Gasteiger partial charge >= 0.3 is 6.03 Å². The molecule has 0 saturated carbocycles. The van der Waals surface area contributed by atoms with E-state index >= 15 is 0 Å². The summed E-state index contributed by atoms with van der Waals surface area (Å²) >= 11 is 0. The Morgan fingerprint density at radius 2 is 1.84 bits per heavy atom. The predicted molar refractivity (Wildman–Crippen MR) is 95.6 cm³/mol. The number of ether oxygens (including phenoxy) is 1. The maximum Gasteiger partial charge on any atom is 0.325 e. The molecule has 6 heteroatoms. The fourth-order valence-corrected chi connectivity index (χ4v) is 2.66. The van der Waals surface area contributed by atoms with Gasteiger partial charge in [-0.15, -0.1) is 0 Å². The van der Waals surface area contributed by atoms with Crippen LogP contribution in [0.2, 0.25) is 0 Å². The number of β-amino-alcohol motifs (C(OH)–C–C–N with tert-alkyl or cyclic N) is 1. The smallest absolute Gasteiger partial charge is 0.325 e. The molecule has 0 aromatic heterocycles. The zero-order valence-corrected chi connectivity index (χ0v) is 15.6. The summed E-state index contributed by atoms with van der Waals surface area (Å²) in [6.45, 7) is 9.85. The number of benzene rings is 1. The number of urea groups is 1. The van der Waals surface area contributed by atoms with Gasteiger partial charge in [0, 0.05) is 0 Å². The topological polar surface area (TPSA) is 78.9 Å². The third kappa shape index (κ3) is 4.31. The molecular weight excluding hydrogens is 320 g/mol. The highest BCUT2D eigenvalue weighted by Crippen LogP contribution is 2.24. The summed E-state index contributed by atoms with van der Waals surface area (Å²) in [4.78, 5) is 25.3. The summed E-state index contributed by atoms with van der Waals surface area (Å²) in [6.07, 6.45) is -0.447. The van der Waals surface area contributed by atoms with Crippen LogP contribution in [0.25, 0.3) is 0 Å². The van der Waals surface area contributed by atoms with Crippen LogP contribution in [-0.4, -0.2) is 46.7 Å². The molecule has 1 aliphatic rings. The van der Waals surface area contributed by atoms with Crippen molar-refractivity contribution in [2.75, 3.05) is 13.2 Å². The first-order valence-corrected chi connectivity index (χ1v) is 8.62. The van der Waals surface area contributed by atoms with Gasteiger partial charge in [-0.1, -0.05) is 39.8 Å². The van der Waals surface area contributed by atoms with Crippen molar-refractivity contribution < 1.29 is 19.4 Å². The molecule has 0 spiro atoms. The van der Waals surface area contributed by atoms with Crippen LogP contribution in [0.15, 0.2) is 24.3 Å². The summed E-state index contributed by atoms with van der Waals surface area (Å²) < 4.78 is 5.57. The Hall–Kier alpha value is -2.08. The molecule has 1 aromatic carbocycles. The zero-order valence-electron chi connectivity index (χ0n) is 15.6. The molecule has 2 atom stereocenters. The standard InChI is InChI=1S/C19H28N2O4/c1-6-19(5)16(23)21(17(24)20-19)11-14(22)12-25-15-9-7-13(8-10-15)18(2,3)4/h7-10,14,22H,6,11-12H2,1-5H3,(H,20,24)/t14-,19+/m0/s1. The van der Waals surface area contributed by atoms with Crippen molar-refractivity contribution in [3.63, 3.8) is 0 Å². The molecule has 1 aromatic rings. The monoisotopic (exact) mass is 348 g/mol. The highest BCUT2D eigenvalue weighted by Gasteiger charge is 2.46. The highest BCUT2D eigenvalue weighted by molar-refractivity contribution is 6.06. The van der Waals surface area contributed by atoms with Crippen molar-refractivity contribution in [2.45, 2.75) is 58.1 Å². The van der Waals surface area contributed by atoms with Crippen molar-refractivity contribution in [3.8, 4) is 5.75 Å². The Kier molecular flexibility index (Phi) is 5.42. The van der Waals surface area contributed by atoms with Gasteiger partial charge in [-0.2, -0.15) is 0 Å². The predicted octanol–water partition coefficient (Wildman–Crippen LogP) is 2.44. The minimum Gasteiger partial charge on any atom is -0.491 e. The van der Waals surface area contributed by atoms with Gasteiger partial charge in [0.2, 0.25) is 0 Å². The van der Waals surface area contributed by atoms with Crippen molar-refractivity contribution in [1.29, 1.82) is 0 Å². The number of amides is 3. The van der Waals surface area contributed by atoms with Crippen LogP contribution < -0.4 is 10.1 Å². The van der Waals surface area contributed by atoms with E-state index in [1.807, 2.05) is 31.2 Å². The van der Waals surface area contributed by atoms with Crippen LogP contribution in [0, 0.1) is 0 Å². The largest absolute Gasteiger partial charge is 0.491 e. The van der Waals surface area contributed by atoms with Crippen LogP contribution in [0.1, 0.15) is 46.6 Å². The Morgan fingerprint density at radius 1 is 1.24 bits per heavy atom. The minimum absolute atomic E-state index is 0.00869. The fourth-order valence-electron chi connectivity index (χ4n) is 2.66. The lowest BCUT2D eigenvalue weighted by molar-refractivity contribution is -0.132. The van der Waals surface area contributed by atoms with E-state index in [1.54, 1.807) is 6.92 Å². The zero-order chi connectivity index (χ0) is 18.8. The van der Waals surface area contributed by atoms with E-state index in [-0.39, 0.29) is 24.5 Å². The Morgan fingerprint density at radius 3 is 2.32 bits per heavy atom. The molecule has 0 aliphatic carbocycles. The lowest BCUT2D eigenvalue weighted by atomic mass is 9.87. The van der Waals surface area contributed by atoms with E-state index in [9.17, 15) is 14.7 Å². The molecule has 0 radical (unpaired) electrons. The summed E-state index contributed by atoms with van der Waals surface area (Å²) in [7, 11) is 0. The number of nitrogens with one attached hydrogen (secondary N) is 1. The van der Waals surface area contributed by atoms with Crippen molar-refractivity contribution in [1.82, 2.24) is 10.2 Å². The van der Waals surface area contributed by atoms with Crippen LogP contribution >= 0.6 is 0 Å².